The zero-order valence-electron chi connectivity index (χ0n) is 9.09. The van der Waals surface area contributed by atoms with Gasteiger partial charge in [-0.25, -0.2) is 8.78 Å². The van der Waals surface area contributed by atoms with Gasteiger partial charge in [0.05, 0.1) is 0 Å². The van der Waals surface area contributed by atoms with E-state index in [1.807, 2.05) is 0 Å². The van der Waals surface area contributed by atoms with Gasteiger partial charge in [0.25, 0.3) is 0 Å². The average Bonchev–Trinajstić information content (AvgIpc) is 2.31. The first-order valence-electron chi connectivity index (χ1n) is 5.08. The van der Waals surface area contributed by atoms with Crippen LogP contribution in [0.4, 0.5) is 8.78 Å². The molecule has 0 saturated heterocycles. The molecule has 2 aromatic carbocycles. The van der Waals surface area contributed by atoms with Gasteiger partial charge in [-0.05, 0) is 24.3 Å². The molecule has 0 atom stereocenters. The molecule has 94 valence electrons. The Balaban J connectivity index is 2.16. The van der Waals surface area contributed by atoms with Crippen LogP contribution < -0.4 is 4.74 Å². The molecule has 2 aromatic rings. The van der Waals surface area contributed by atoms with Gasteiger partial charge in [-0.3, -0.25) is 0 Å². The first kappa shape index (κ1) is 13.3. The van der Waals surface area contributed by atoms with Crippen LogP contribution in [0.5, 0.6) is 5.75 Å². The Morgan fingerprint density at radius 1 is 1.11 bits per heavy atom. The maximum absolute atomic E-state index is 13.3. The van der Waals surface area contributed by atoms with E-state index in [1.165, 1.54) is 6.07 Å². The van der Waals surface area contributed by atoms with Gasteiger partial charge >= 0.3 is 0 Å². The Morgan fingerprint density at radius 2 is 1.78 bits per heavy atom. The van der Waals surface area contributed by atoms with Gasteiger partial charge in [-0.15, -0.1) is 0 Å². The molecule has 0 aliphatic heterocycles. The second-order valence-electron chi connectivity index (χ2n) is 3.58. The molecule has 0 N–H and O–H groups in total. The SMILES string of the molecule is Fc1cccc(F)c1OCc1ccc(Br)cc1Cl. The number of halogens is 4. The molecule has 0 bridgehead atoms. The van der Waals surface area contributed by atoms with Crippen molar-refractivity contribution in [3.63, 3.8) is 0 Å². The van der Waals surface area contributed by atoms with Gasteiger partial charge in [0, 0.05) is 15.1 Å². The third-order valence-corrected chi connectivity index (χ3v) is 3.15. The maximum Gasteiger partial charge on any atom is 0.191 e. The fourth-order valence-corrected chi connectivity index (χ4v) is 2.14. The Bertz CT molecular complexity index is 555. The lowest BCUT2D eigenvalue weighted by Gasteiger charge is -2.09. The van der Waals surface area contributed by atoms with Crippen LogP contribution >= 0.6 is 27.5 Å². The second kappa shape index (κ2) is 5.67. The maximum atomic E-state index is 13.3. The van der Waals surface area contributed by atoms with Crippen LogP contribution in [0.25, 0.3) is 0 Å². The van der Waals surface area contributed by atoms with E-state index in [1.54, 1.807) is 18.2 Å². The zero-order chi connectivity index (χ0) is 13.1. The van der Waals surface area contributed by atoms with E-state index in [4.69, 9.17) is 16.3 Å². The highest BCUT2D eigenvalue weighted by molar-refractivity contribution is 9.10. The predicted molar refractivity (Wildman–Crippen MR) is 69.8 cm³/mol. The second-order valence-corrected chi connectivity index (χ2v) is 4.90. The molecule has 0 aromatic heterocycles. The third kappa shape index (κ3) is 3.00. The summed E-state index contributed by atoms with van der Waals surface area (Å²) in [6, 6.07) is 8.76. The minimum Gasteiger partial charge on any atom is -0.483 e. The first-order chi connectivity index (χ1) is 8.58. The lowest BCUT2D eigenvalue weighted by Crippen LogP contribution is -2.00. The number of para-hydroxylation sites is 1. The fourth-order valence-electron chi connectivity index (χ4n) is 1.41. The monoisotopic (exact) mass is 332 g/mol. The molecule has 18 heavy (non-hydrogen) atoms. The van der Waals surface area contributed by atoms with Crippen LogP contribution in [0.2, 0.25) is 5.02 Å². The summed E-state index contributed by atoms with van der Waals surface area (Å²) in [5.41, 5.74) is 0.655. The molecule has 2 rings (SSSR count). The fraction of sp³-hybridized carbons (Fsp3) is 0.0769. The third-order valence-electron chi connectivity index (χ3n) is 2.31. The topological polar surface area (TPSA) is 9.23 Å². The number of hydrogen-bond acceptors (Lipinski definition) is 1. The minimum atomic E-state index is -0.733. The van der Waals surface area contributed by atoms with E-state index >= 15 is 0 Å². The molecule has 0 aliphatic carbocycles. The van der Waals surface area contributed by atoms with E-state index < -0.39 is 17.4 Å². The van der Waals surface area contributed by atoms with Crippen molar-refractivity contribution in [1.82, 2.24) is 0 Å². The van der Waals surface area contributed by atoms with E-state index in [2.05, 4.69) is 15.9 Å². The van der Waals surface area contributed by atoms with Gasteiger partial charge < -0.3 is 4.74 Å². The first-order valence-corrected chi connectivity index (χ1v) is 6.26. The molecular formula is C13H8BrClF2O. The number of hydrogen-bond donors (Lipinski definition) is 0. The van der Waals surface area contributed by atoms with Crippen molar-refractivity contribution in [1.29, 1.82) is 0 Å². The average molecular weight is 334 g/mol. The molecule has 5 heteroatoms. The predicted octanol–water partition coefficient (Wildman–Crippen LogP) is 4.96. The Morgan fingerprint density at radius 3 is 2.39 bits per heavy atom. The summed E-state index contributed by atoms with van der Waals surface area (Å²) in [7, 11) is 0. The summed E-state index contributed by atoms with van der Waals surface area (Å²) in [6.45, 7) is 0.00394. The van der Waals surface area contributed by atoms with Gasteiger partial charge in [-0.1, -0.05) is 39.7 Å². The van der Waals surface area contributed by atoms with Crippen LogP contribution in [-0.4, -0.2) is 0 Å². The zero-order valence-corrected chi connectivity index (χ0v) is 11.4. The van der Waals surface area contributed by atoms with Crippen LogP contribution in [0, 0.1) is 11.6 Å². The minimum absolute atomic E-state index is 0.00394. The molecular weight excluding hydrogens is 325 g/mol. The molecule has 0 aliphatic rings. The van der Waals surface area contributed by atoms with Crippen LogP contribution in [0.1, 0.15) is 5.56 Å². The molecule has 0 fully saturated rings. The number of ether oxygens (including phenoxy) is 1. The van der Waals surface area contributed by atoms with E-state index in [-0.39, 0.29) is 6.61 Å². The van der Waals surface area contributed by atoms with E-state index in [0.717, 1.165) is 16.6 Å². The van der Waals surface area contributed by atoms with Crippen molar-refractivity contribution in [2.24, 2.45) is 0 Å². The molecule has 0 spiro atoms. The summed E-state index contributed by atoms with van der Waals surface area (Å²) < 4.78 is 32.6. The number of benzene rings is 2. The van der Waals surface area contributed by atoms with Gasteiger partial charge in [0.1, 0.15) is 6.61 Å². The van der Waals surface area contributed by atoms with Crippen molar-refractivity contribution in [2.75, 3.05) is 0 Å². The largest absolute Gasteiger partial charge is 0.483 e. The van der Waals surface area contributed by atoms with Crippen molar-refractivity contribution in [3.05, 3.63) is 63.1 Å². The molecule has 0 saturated carbocycles. The van der Waals surface area contributed by atoms with Crippen molar-refractivity contribution >= 4 is 27.5 Å². The highest BCUT2D eigenvalue weighted by atomic mass is 79.9. The Kier molecular flexibility index (Phi) is 4.19. The quantitative estimate of drug-likeness (QED) is 0.771. The Labute approximate surface area is 116 Å². The smallest absolute Gasteiger partial charge is 0.191 e. The van der Waals surface area contributed by atoms with Crippen LogP contribution in [-0.2, 0) is 6.61 Å². The summed E-state index contributed by atoms with van der Waals surface area (Å²) in [4.78, 5) is 0. The van der Waals surface area contributed by atoms with Gasteiger partial charge in [-0.2, -0.15) is 0 Å². The Hall–Kier alpha value is -1.13. The normalized spacial score (nSPS) is 10.4. The highest BCUT2D eigenvalue weighted by Crippen LogP contribution is 2.25. The van der Waals surface area contributed by atoms with Crippen molar-refractivity contribution in [3.8, 4) is 5.75 Å². The molecule has 1 nitrogen and oxygen atoms in total. The summed E-state index contributed by atoms with van der Waals surface area (Å²) in [5, 5.41) is 0.473. The van der Waals surface area contributed by atoms with Crippen LogP contribution in [0.15, 0.2) is 40.9 Å². The van der Waals surface area contributed by atoms with Gasteiger partial charge in [0.15, 0.2) is 17.4 Å². The lowest BCUT2D eigenvalue weighted by atomic mass is 10.2. The summed E-state index contributed by atoms with van der Waals surface area (Å²) in [5.74, 6) is -1.86. The molecule has 0 amide bonds. The standard InChI is InChI=1S/C13H8BrClF2O/c14-9-5-4-8(10(15)6-9)7-18-13-11(16)2-1-3-12(13)17/h1-6H,7H2. The highest BCUT2D eigenvalue weighted by Gasteiger charge is 2.10. The molecule has 0 heterocycles. The van der Waals surface area contributed by atoms with E-state index in [9.17, 15) is 8.78 Å². The molecule has 0 radical (unpaired) electrons. The lowest BCUT2D eigenvalue weighted by molar-refractivity contribution is 0.274. The number of rotatable bonds is 3. The van der Waals surface area contributed by atoms with Crippen molar-refractivity contribution < 1.29 is 13.5 Å². The van der Waals surface area contributed by atoms with E-state index in [0.29, 0.717) is 10.6 Å². The van der Waals surface area contributed by atoms with Crippen LogP contribution in [0.3, 0.4) is 0 Å². The van der Waals surface area contributed by atoms with Gasteiger partial charge in [0.2, 0.25) is 0 Å². The summed E-state index contributed by atoms with van der Waals surface area (Å²) in [6.07, 6.45) is 0. The molecule has 0 unspecified atom stereocenters. The van der Waals surface area contributed by atoms with Crippen molar-refractivity contribution in [2.45, 2.75) is 6.61 Å². The summed E-state index contributed by atoms with van der Waals surface area (Å²) >= 11 is 9.25.